The first-order valence-corrected chi connectivity index (χ1v) is 13.1. The number of para-hydroxylation sites is 1. The van der Waals surface area contributed by atoms with Crippen LogP contribution in [0.25, 0.3) is 10.9 Å². The van der Waals surface area contributed by atoms with E-state index in [0.717, 1.165) is 11.1 Å². The third-order valence-electron chi connectivity index (χ3n) is 5.72. The molecule has 7 nitrogen and oxygen atoms in total. The fourth-order valence-corrected chi connectivity index (χ4v) is 5.60. The largest absolute Gasteiger partial charge is 0.351 e. The van der Waals surface area contributed by atoms with E-state index >= 15 is 0 Å². The van der Waals surface area contributed by atoms with Crippen LogP contribution in [0, 0.1) is 6.92 Å². The molecule has 1 heterocycles. The molecule has 0 aliphatic carbocycles. The number of carbonyl (C=O) groups is 2. The minimum atomic E-state index is -3.92. The molecule has 0 bridgehead atoms. The van der Waals surface area contributed by atoms with Gasteiger partial charge in [0.1, 0.15) is 12.3 Å². The minimum Gasteiger partial charge on any atom is -0.351 e. The summed E-state index contributed by atoms with van der Waals surface area (Å²) in [7, 11) is -3.92. The van der Waals surface area contributed by atoms with E-state index in [1.807, 2.05) is 58.9 Å². The van der Waals surface area contributed by atoms with Crippen molar-refractivity contribution in [3.05, 3.63) is 65.9 Å². The van der Waals surface area contributed by atoms with Gasteiger partial charge in [0, 0.05) is 35.7 Å². The second-order valence-corrected chi connectivity index (χ2v) is 11.1. The van der Waals surface area contributed by atoms with Gasteiger partial charge in [-0.15, -0.1) is 0 Å². The lowest BCUT2D eigenvalue weighted by atomic mass is 10.1. The summed E-state index contributed by atoms with van der Waals surface area (Å²) in [5, 5.41) is 3.19. The van der Waals surface area contributed by atoms with Crippen LogP contribution in [0.5, 0.6) is 0 Å². The number of aromatic nitrogens is 1. The first-order valence-electron chi connectivity index (χ1n) is 11.4. The van der Waals surface area contributed by atoms with Crippen LogP contribution in [0.1, 0.15) is 38.8 Å². The number of hydrogen-bond donors (Lipinski definition) is 1. The summed E-state index contributed by atoms with van der Waals surface area (Å²) in [4.78, 5) is 27.3. The molecule has 0 saturated heterocycles. The molecule has 0 aliphatic rings. The molecule has 3 rings (SSSR count). The van der Waals surface area contributed by atoms with Gasteiger partial charge in [0.25, 0.3) is 0 Å². The zero-order valence-electron chi connectivity index (χ0n) is 20.4. The minimum absolute atomic E-state index is 0.0199. The van der Waals surface area contributed by atoms with Crippen molar-refractivity contribution in [1.82, 2.24) is 14.8 Å². The molecule has 3 aromatic rings. The van der Waals surface area contributed by atoms with Crippen molar-refractivity contribution in [3.63, 3.8) is 0 Å². The van der Waals surface area contributed by atoms with E-state index in [-0.39, 0.29) is 36.0 Å². The monoisotopic (exact) mass is 483 g/mol. The molecule has 0 aliphatic heterocycles. The molecule has 2 amide bonds. The molecule has 1 aromatic heterocycles. The Morgan fingerprint density at radius 2 is 1.59 bits per heavy atom. The second kappa shape index (κ2) is 10.4. The highest BCUT2D eigenvalue weighted by molar-refractivity contribution is 7.92. The summed E-state index contributed by atoms with van der Waals surface area (Å²) in [6, 6.07) is 14.8. The predicted octanol–water partition coefficient (Wildman–Crippen LogP) is 3.69. The highest BCUT2D eigenvalue weighted by atomic mass is 32.2. The van der Waals surface area contributed by atoms with Crippen LogP contribution in [0.3, 0.4) is 0 Å². The Morgan fingerprint density at radius 3 is 2.21 bits per heavy atom. The average Bonchev–Trinajstić information content (AvgIpc) is 3.12. The summed E-state index contributed by atoms with van der Waals surface area (Å²) in [6.07, 6.45) is 1.48. The van der Waals surface area contributed by atoms with Gasteiger partial charge in [-0.1, -0.05) is 48.0 Å². The second-order valence-electron chi connectivity index (χ2n) is 9.15. The number of nitrogens with zero attached hydrogens (tertiary/aromatic N) is 2. The number of amides is 2. The van der Waals surface area contributed by atoms with Crippen molar-refractivity contribution in [2.75, 3.05) is 5.75 Å². The standard InChI is InChI=1S/C26H33N3O4S/c1-18(2)29(19(3)4)26(31)16-28-15-24(22-8-6-7-9-23(22)28)34(32,33)17-25(30)27-14-21-12-10-20(5)11-13-21/h6-13,15,18-19H,14,16-17H2,1-5H3,(H,27,30). The zero-order chi connectivity index (χ0) is 25.0. The number of rotatable bonds is 9. The maximum atomic E-state index is 13.2. The topological polar surface area (TPSA) is 88.5 Å². The van der Waals surface area contributed by atoms with Gasteiger partial charge in [-0.2, -0.15) is 0 Å². The molecular formula is C26H33N3O4S. The predicted molar refractivity (Wildman–Crippen MR) is 134 cm³/mol. The molecule has 2 aromatic carbocycles. The van der Waals surface area contributed by atoms with Crippen LogP contribution in [-0.2, 0) is 32.5 Å². The van der Waals surface area contributed by atoms with Gasteiger partial charge in [0.2, 0.25) is 11.8 Å². The maximum Gasteiger partial charge on any atom is 0.242 e. The van der Waals surface area contributed by atoms with Crippen LogP contribution in [0.15, 0.2) is 59.6 Å². The Hall–Kier alpha value is -3.13. The number of benzene rings is 2. The zero-order valence-corrected chi connectivity index (χ0v) is 21.2. The molecule has 182 valence electrons. The molecular weight excluding hydrogens is 450 g/mol. The maximum absolute atomic E-state index is 13.2. The van der Waals surface area contributed by atoms with Crippen molar-refractivity contribution in [2.45, 2.75) is 64.7 Å². The van der Waals surface area contributed by atoms with E-state index in [1.54, 1.807) is 33.7 Å². The molecule has 0 radical (unpaired) electrons. The Labute approximate surface area is 201 Å². The Morgan fingerprint density at radius 1 is 0.971 bits per heavy atom. The number of sulfone groups is 1. The van der Waals surface area contributed by atoms with Gasteiger partial charge in [-0.25, -0.2) is 8.42 Å². The highest BCUT2D eigenvalue weighted by Gasteiger charge is 2.26. The quantitative estimate of drug-likeness (QED) is 0.503. The lowest BCUT2D eigenvalue weighted by molar-refractivity contribution is -0.135. The van der Waals surface area contributed by atoms with Crippen molar-refractivity contribution in [1.29, 1.82) is 0 Å². The number of fused-ring (bicyclic) bond motifs is 1. The third kappa shape index (κ3) is 5.86. The first-order chi connectivity index (χ1) is 16.0. The smallest absolute Gasteiger partial charge is 0.242 e. The van der Waals surface area contributed by atoms with Crippen molar-refractivity contribution < 1.29 is 18.0 Å². The summed E-state index contributed by atoms with van der Waals surface area (Å²) in [6.45, 7) is 10.1. The molecule has 0 spiro atoms. The van der Waals surface area contributed by atoms with E-state index in [0.29, 0.717) is 10.9 Å². The van der Waals surface area contributed by atoms with E-state index in [9.17, 15) is 18.0 Å². The fourth-order valence-electron chi connectivity index (χ4n) is 4.20. The van der Waals surface area contributed by atoms with Crippen LogP contribution in [0.4, 0.5) is 0 Å². The van der Waals surface area contributed by atoms with E-state index in [2.05, 4.69) is 5.32 Å². The average molecular weight is 484 g/mol. The molecule has 34 heavy (non-hydrogen) atoms. The van der Waals surface area contributed by atoms with E-state index < -0.39 is 21.5 Å². The summed E-state index contributed by atoms with van der Waals surface area (Å²) < 4.78 is 28.0. The number of hydrogen-bond acceptors (Lipinski definition) is 4. The summed E-state index contributed by atoms with van der Waals surface area (Å²) >= 11 is 0. The van der Waals surface area contributed by atoms with E-state index in [1.165, 1.54) is 6.20 Å². The lowest BCUT2D eigenvalue weighted by Gasteiger charge is -2.31. The van der Waals surface area contributed by atoms with Crippen LogP contribution >= 0.6 is 0 Å². The summed E-state index contributed by atoms with van der Waals surface area (Å²) in [5.41, 5.74) is 2.64. The number of nitrogens with one attached hydrogen (secondary N) is 1. The van der Waals surface area contributed by atoms with Crippen LogP contribution in [0.2, 0.25) is 0 Å². The Kier molecular flexibility index (Phi) is 7.82. The fraction of sp³-hybridized carbons (Fsp3) is 0.385. The van der Waals surface area contributed by atoms with Gasteiger partial charge in [-0.3, -0.25) is 9.59 Å². The van der Waals surface area contributed by atoms with Crippen LogP contribution < -0.4 is 5.32 Å². The van der Waals surface area contributed by atoms with Gasteiger partial charge in [-0.05, 0) is 46.2 Å². The SMILES string of the molecule is Cc1ccc(CNC(=O)CS(=O)(=O)c2cn(CC(=O)N(C(C)C)C(C)C)c3ccccc23)cc1. The highest BCUT2D eigenvalue weighted by Crippen LogP contribution is 2.27. The third-order valence-corrected chi connectivity index (χ3v) is 7.36. The number of aryl methyl sites for hydroxylation is 1. The summed E-state index contributed by atoms with van der Waals surface area (Å²) in [5.74, 6) is -1.32. The van der Waals surface area contributed by atoms with Gasteiger partial charge >= 0.3 is 0 Å². The molecule has 0 atom stereocenters. The first kappa shape index (κ1) is 25.5. The molecule has 1 N–H and O–H groups in total. The normalized spacial score (nSPS) is 11.9. The van der Waals surface area contributed by atoms with Crippen molar-refractivity contribution >= 4 is 32.6 Å². The van der Waals surface area contributed by atoms with Crippen LogP contribution in [-0.4, -0.2) is 47.5 Å². The Bertz CT molecular complexity index is 1270. The number of carbonyl (C=O) groups excluding carboxylic acids is 2. The van der Waals surface area contributed by atoms with Crippen molar-refractivity contribution in [2.24, 2.45) is 0 Å². The van der Waals surface area contributed by atoms with Crippen molar-refractivity contribution in [3.8, 4) is 0 Å². The van der Waals surface area contributed by atoms with Gasteiger partial charge < -0.3 is 14.8 Å². The molecule has 8 heteroatoms. The Balaban J connectivity index is 1.82. The van der Waals surface area contributed by atoms with E-state index in [4.69, 9.17) is 0 Å². The lowest BCUT2D eigenvalue weighted by Crippen LogP contribution is -2.43. The molecule has 0 saturated carbocycles. The molecule has 0 fully saturated rings. The van der Waals surface area contributed by atoms with Gasteiger partial charge in [0.05, 0.1) is 4.90 Å². The molecule has 0 unspecified atom stereocenters. The van der Waals surface area contributed by atoms with Gasteiger partial charge in [0.15, 0.2) is 9.84 Å².